The van der Waals surface area contributed by atoms with Crippen molar-refractivity contribution >= 4 is 0 Å². The number of hydrogen-bond donors (Lipinski definition) is 1. The van der Waals surface area contributed by atoms with Crippen LogP contribution in [0.15, 0.2) is 0 Å². The second-order valence-electron chi connectivity index (χ2n) is 3.22. The van der Waals surface area contributed by atoms with Gasteiger partial charge in [0.25, 0.3) is 0 Å². The number of hydrogen-bond acceptors (Lipinski definition) is 2. The standard InChI is InChI=1S/C8H15F2NO/c9-8(10)12-7-4-2-1-3-6(7)5-11/h6-8H,1-5,11H2. The molecule has 0 aromatic carbocycles. The normalized spacial score (nSPS) is 31.0. The maximum Gasteiger partial charge on any atom is 0.345 e. The highest BCUT2D eigenvalue weighted by atomic mass is 19.3. The van der Waals surface area contributed by atoms with Crippen LogP contribution in [0.25, 0.3) is 0 Å². The van der Waals surface area contributed by atoms with Crippen LogP contribution in [-0.2, 0) is 4.74 Å². The van der Waals surface area contributed by atoms with Crippen molar-refractivity contribution in [3.8, 4) is 0 Å². The Labute approximate surface area is 71.1 Å². The molecular formula is C8H15F2NO. The lowest BCUT2D eigenvalue weighted by Crippen LogP contribution is -2.34. The zero-order valence-corrected chi connectivity index (χ0v) is 7.01. The second kappa shape index (κ2) is 4.72. The van der Waals surface area contributed by atoms with E-state index < -0.39 is 6.61 Å². The van der Waals surface area contributed by atoms with Crippen molar-refractivity contribution in [1.82, 2.24) is 0 Å². The third-order valence-electron chi connectivity index (χ3n) is 2.42. The van der Waals surface area contributed by atoms with Crippen molar-refractivity contribution in [2.45, 2.75) is 38.4 Å². The van der Waals surface area contributed by atoms with E-state index in [4.69, 9.17) is 5.73 Å². The summed E-state index contributed by atoms with van der Waals surface area (Å²) in [7, 11) is 0. The van der Waals surface area contributed by atoms with Gasteiger partial charge in [-0.1, -0.05) is 12.8 Å². The van der Waals surface area contributed by atoms with Gasteiger partial charge in [-0.2, -0.15) is 8.78 Å². The number of halogens is 2. The van der Waals surface area contributed by atoms with Gasteiger partial charge in [0, 0.05) is 0 Å². The van der Waals surface area contributed by atoms with Gasteiger partial charge in [-0.3, -0.25) is 0 Å². The molecule has 0 heterocycles. The predicted octanol–water partition coefficient (Wildman–Crippen LogP) is 1.74. The number of alkyl halides is 2. The fourth-order valence-electron chi connectivity index (χ4n) is 1.75. The van der Waals surface area contributed by atoms with Crippen LogP contribution < -0.4 is 5.73 Å². The quantitative estimate of drug-likeness (QED) is 0.716. The van der Waals surface area contributed by atoms with Gasteiger partial charge in [0.15, 0.2) is 0 Å². The van der Waals surface area contributed by atoms with Crippen LogP contribution in [0.3, 0.4) is 0 Å². The van der Waals surface area contributed by atoms with Crippen molar-refractivity contribution in [3.05, 3.63) is 0 Å². The number of nitrogens with two attached hydrogens (primary N) is 1. The molecule has 1 aliphatic carbocycles. The first-order chi connectivity index (χ1) is 5.74. The zero-order valence-electron chi connectivity index (χ0n) is 7.01. The van der Waals surface area contributed by atoms with Crippen LogP contribution in [0.2, 0.25) is 0 Å². The van der Waals surface area contributed by atoms with Crippen LogP contribution in [-0.4, -0.2) is 19.3 Å². The Bertz CT molecular complexity index is 132. The topological polar surface area (TPSA) is 35.2 Å². The van der Waals surface area contributed by atoms with E-state index in [0.717, 1.165) is 25.7 Å². The Morgan fingerprint density at radius 3 is 2.58 bits per heavy atom. The molecule has 2 N–H and O–H groups in total. The van der Waals surface area contributed by atoms with E-state index in [0.29, 0.717) is 6.54 Å². The predicted molar refractivity (Wildman–Crippen MR) is 41.9 cm³/mol. The highest BCUT2D eigenvalue weighted by molar-refractivity contribution is 4.76. The lowest BCUT2D eigenvalue weighted by Gasteiger charge is -2.29. The third-order valence-corrected chi connectivity index (χ3v) is 2.42. The third kappa shape index (κ3) is 2.68. The van der Waals surface area contributed by atoms with Gasteiger partial charge in [-0.05, 0) is 25.3 Å². The Kier molecular flexibility index (Phi) is 3.88. The molecule has 0 bridgehead atoms. The van der Waals surface area contributed by atoms with Gasteiger partial charge in [-0.25, -0.2) is 0 Å². The molecule has 0 saturated heterocycles. The van der Waals surface area contributed by atoms with Crippen molar-refractivity contribution in [1.29, 1.82) is 0 Å². The van der Waals surface area contributed by atoms with Crippen LogP contribution in [0.1, 0.15) is 25.7 Å². The van der Waals surface area contributed by atoms with E-state index in [2.05, 4.69) is 4.74 Å². The van der Waals surface area contributed by atoms with Gasteiger partial charge in [-0.15, -0.1) is 0 Å². The van der Waals surface area contributed by atoms with E-state index in [1.54, 1.807) is 0 Å². The number of ether oxygens (including phenoxy) is 1. The van der Waals surface area contributed by atoms with Crippen molar-refractivity contribution < 1.29 is 13.5 Å². The molecule has 72 valence electrons. The Hall–Kier alpha value is -0.220. The van der Waals surface area contributed by atoms with Gasteiger partial charge in [0.05, 0.1) is 6.10 Å². The van der Waals surface area contributed by atoms with Crippen LogP contribution in [0.5, 0.6) is 0 Å². The molecule has 0 spiro atoms. The monoisotopic (exact) mass is 179 g/mol. The van der Waals surface area contributed by atoms with E-state index >= 15 is 0 Å². The Morgan fingerprint density at radius 1 is 1.33 bits per heavy atom. The summed E-state index contributed by atoms with van der Waals surface area (Å²) < 4.78 is 28.2. The average molecular weight is 179 g/mol. The molecule has 2 nitrogen and oxygen atoms in total. The van der Waals surface area contributed by atoms with Crippen LogP contribution in [0, 0.1) is 5.92 Å². The summed E-state index contributed by atoms with van der Waals surface area (Å²) >= 11 is 0. The van der Waals surface area contributed by atoms with Gasteiger partial charge >= 0.3 is 6.61 Å². The average Bonchev–Trinajstić information content (AvgIpc) is 2.04. The van der Waals surface area contributed by atoms with Crippen molar-refractivity contribution in [3.63, 3.8) is 0 Å². The summed E-state index contributed by atoms with van der Waals surface area (Å²) in [6.45, 7) is -2.20. The lowest BCUT2D eigenvalue weighted by molar-refractivity contribution is -0.182. The molecule has 12 heavy (non-hydrogen) atoms. The maximum atomic E-state index is 11.9. The second-order valence-corrected chi connectivity index (χ2v) is 3.22. The molecule has 0 amide bonds. The zero-order chi connectivity index (χ0) is 8.97. The van der Waals surface area contributed by atoms with Crippen LogP contribution >= 0.6 is 0 Å². The Balaban J connectivity index is 2.36. The minimum Gasteiger partial charge on any atom is -0.330 e. The Morgan fingerprint density at radius 2 is 2.00 bits per heavy atom. The van der Waals surface area contributed by atoms with Crippen LogP contribution in [0.4, 0.5) is 8.78 Å². The van der Waals surface area contributed by atoms with Gasteiger partial charge in [0.2, 0.25) is 0 Å². The molecule has 0 aliphatic heterocycles. The van der Waals surface area contributed by atoms with Crippen molar-refractivity contribution in [2.24, 2.45) is 11.7 Å². The smallest absolute Gasteiger partial charge is 0.330 e. The molecule has 1 saturated carbocycles. The van der Waals surface area contributed by atoms with Gasteiger partial charge in [0.1, 0.15) is 0 Å². The molecule has 2 unspecified atom stereocenters. The summed E-state index contributed by atoms with van der Waals surface area (Å²) in [4.78, 5) is 0. The molecule has 4 heteroatoms. The molecule has 1 rings (SSSR count). The van der Waals surface area contributed by atoms with E-state index in [-0.39, 0.29) is 12.0 Å². The fraction of sp³-hybridized carbons (Fsp3) is 1.00. The molecular weight excluding hydrogens is 164 g/mol. The first-order valence-corrected chi connectivity index (χ1v) is 4.37. The molecule has 0 radical (unpaired) electrons. The van der Waals surface area contributed by atoms with Crippen molar-refractivity contribution in [2.75, 3.05) is 6.54 Å². The molecule has 2 atom stereocenters. The van der Waals surface area contributed by atoms with E-state index in [9.17, 15) is 8.78 Å². The van der Waals surface area contributed by atoms with Gasteiger partial charge < -0.3 is 10.5 Å². The first kappa shape index (κ1) is 9.86. The number of rotatable bonds is 3. The van der Waals surface area contributed by atoms with E-state index in [1.165, 1.54) is 0 Å². The molecule has 1 fully saturated rings. The lowest BCUT2D eigenvalue weighted by atomic mass is 9.86. The summed E-state index contributed by atoms with van der Waals surface area (Å²) in [5.41, 5.74) is 5.44. The highest BCUT2D eigenvalue weighted by Gasteiger charge is 2.26. The summed E-state index contributed by atoms with van der Waals surface area (Å²) in [5, 5.41) is 0. The minimum absolute atomic E-state index is 0.132. The summed E-state index contributed by atoms with van der Waals surface area (Å²) in [6.07, 6.45) is 3.41. The first-order valence-electron chi connectivity index (χ1n) is 4.37. The SMILES string of the molecule is NCC1CCCCC1OC(F)F. The highest BCUT2D eigenvalue weighted by Crippen LogP contribution is 2.27. The van der Waals surface area contributed by atoms with E-state index in [1.807, 2.05) is 0 Å². The summed E-state index contributed by atoms with van der Waals surface area (Å²) in [5.74, 6) is 0.132. The fourth-order valence-corrected chi connectivity index (χ4v) is 1.75. The molecule has 1 aliphatic rings. The maximum absolute atomic E-state index is 11.9. The summed E-state index contributed by atoms with van der Waals surface area (Å²) in [6, 6.07) is 0. The molecule has 0 aromatic rings. The molecule has 0 aromatic heterocycles. The largest absolute Gasteiger partial charge is 0.345 e. The minimum atomic E-state index is -2.65.